The zero-order valence-electron chi connectivity index (χ0n) is 15.0. The first-order valence-corrected chi connectivity index (χ1v) is 8.41. The van der Waals surface area contributed by atoms with Gasteiger partial charge in [-0.3, -0.25) is 9.59 Å². The number of alkyl halides is 3. The third-order valence-electron chi connectivity index (χ3n) is 4.21. The molecule has 0 fully saturated rings. The molecule has 0 saturated heterocycles. The summed E-state index contributed by atoms with van der Waals surface area (Å²) in [5, 5.41) is 2.87. The summed E-state index contributed by atoms with van der Waals surface area (Å²) in [7, 11) is 0. The van der Waals surface area contributed by atoms with Crippen LogP contribution in [-0.4, -0.2) is 10.5 Å². The lowest BCUT2D eigenvalue weighted by Gasteiger charge is -2.18. The standard InChI is InChI=1S/C20H16F4N2O2/c1-11(2)26-17(8-12-6-7-14(21)10-16(12)19(26)28)18(27)25-15-5-3-4-13(9-15)20(22,23)24/h3-11H,1-2H3,(H,25,27). The Kier molecular flexibility index (Phi) is 4.97. The number of hydrogen-bond acceptors (Lipinski definition) is 2. The topological polar surface area (TPSA) is 51.1 Å². The molecule has 1 aromatic heterocycles. The van der Waals surface area contributed by atoms with Crippen LogP contribution in [0, 0.1) is 5.82 Å². The first kappa shape index (κ1) is 19.6. The van der Waals surface area contributed by atoms with E-state index >= 15 is 0 Å². The van der Waals surface area contributed by atoms with E-state index in [1.54, 1.807) is 13.8 Å². The van der Waals surface area contributed by atoms with Gasteiger partial charge in [0.1, 0.15) is 11.5 Å². The maximum absolute atomic E-state index is 13.5. The summed E-state index contributed by atoms with van der Waals surface area (Å²) in [6.07, 6.45) is -4.55. The predicted molar refractivity (Wildman–Crippen MR) is 97.9 cm³/mol. The molecule has 4 nitrogen and oxygen atoms in total. The van der Waals surface area contributed by atoms with Crippen LogP contribution >= 0.6 is 0 Å². The highest BCUT2D eigenvalue weighted by Crippen LogP contribution is 2.30. The van der Waals surface area contributed by atoms with Crippen LogP contribution in [0.1, 0.15) is 35.9 Å². The summed E-state index contributed by atoms with van der Waals surface area (Å²) >= 11 is 0. The molecule has 146 valence electrons. The van der Waals surface area contributed by atoms with E-state index in [1.807, 2.05) is 0 Å². The molecule has 2 aromatic carbocycles. The Bertz CT molecular complexity index is 1120. The fourth-order valence-electron chi connectivity index (χ4n) is 2.95. The van der Waals surface area contributed by atoms with Crippen molar-refractivity contribution in [2.75, 3.05) is 5.32 Å². The number of nitrogens with one attached hydrogen (secondary N) is 1. The lowest BCUT2D eigenvalue weighted by molar-refractivity contribution is -0.137. The van der Waals surface area contributed by atoms with Crippen molar-refractivity contribution in [1.29, 1.82) is 0 Å². The Morgan fingerprint density at radius 1 is 1.07 bits per heavy atom. The second-order valence-electron chi connectivity index (χ2n) is 6.56. The van der Waals surface area contributed by atoms with Crippen molar-refractivity contribution in [3.05, 3.63) is 76.0 Å². The van der Waals surface area contributed by atoms with E-state index in [2.05, 4.69) is 5.32 Å². The monoisotopic (exact) mass is 392 g/mol. The zero-order valence-corrected chi connectivity index (χ0v) is 15.0. The second kappa shape index (κ2) is 7.10. The third-order valence-corrected chi connectivity index (χ3v) is 4.21. The van der Waals surface area contributed by atoms with Crippen LogP contribution in [0.25, 0.3) is 10.8 Å². The average Bonchev–Trinajstić information content (AvgIpc) is 2.61. The number of anilines is 1. The fraction of sp³-hybridized carbons (Fsp3) is 0.200. The van der Waals surface area contributed by atoms with Crippen LogP contribution in [-0.2, 0) is 6.18 Å². The van der Waals surface area contributed by atoms with E-state index in [0.29, 0.717) is 5.39 Å². The molecule has 0 unspecified atom stereocenters. The largest absolute Gasteiger partial charge is 0.416 e. The quantitative estimate of drug-likeness (QED) is 0.639. The Labute approximate surface area is 157 Å². The van der Waals surface area contributed by atoms with Crippen molar-refractivity contribution < 1.29 is 22.4 Å². The highest BCUT2D eigenvalue weighted by atomic mass is 19.4. The number of fused-ring (bicyclic) bond motifs is 1. The molecular formula is C20H16F4N2O2. The number of benzene rings is 2. The van der Waals surface area contributed by atoms with E-state index < -0.39 is 35.1 Å². The highest BCUT2D eigenvalue weighted by molar-refractivity contribution is 6.05. The van der Waals surface area contributed by atoms with Crippen LogP contribution in [0.3, 0.4) is 0 Å². The van der Waals surface area contributed by atoms with Gasteiger partial charge >= 0.3 is 6.18 Å². The van der Waals surface area contributed by atoms with Crippen molar-refractivity contribution in [2.24, 2.45) is 0 Å². The van der Waals surface area contributed by atoms with Crippen molar-refractivity contribution in [3.63, 3.8) is 0 Å². The molecule has 3 aromatic rings. The number of nitrogens with zero attached hydrogens (tertiary/aromatic N) is 1. The molecular weight excluding hydrogens is 376 g/mol. The van der Waals surface area contributed by atoms with Gasteiger partial charge in [0.05, 0.1) is 10.9 Å². The van der Waals surface area contributed by atoms with Crippen molar-refractivity contribution in [3.8, 4) is 0 Å². The summed E-state index contributed by atoms with van der Waals surface area (Å²) in [6, 6.07) is 8.81. The normalized spacial score (nSPS) is 11.8. The minimum atomic E-state index is -4.55. The maximum atomic E-state index is 13.5. The van der Waals surface area contributed by atoms with Gasteiger partial charge in [-0.25, -0.2) is 4.39 Å². The molecule has 1 N–H and O–H groups in total. The van der Waals surface area contributed by atoms with Gasteiger partial charge < -0.3 is 9.88 Å². The van der Waals surface area contributed by atoms with E-state index in [1.165, 1.54) is 28.8 Å². The van der Waals surface area contributed by atoms with E-state index in [9.17, 15) is 27.2 Å². The van der Waals surface area contributed by atoms with Crippen LogP contribution in [0.5, 0.6) is 0 Å². The fourth-order valence-corrected chi connectivity index (χ4v) is 2.95. The van der Waals surface area contributed by atoms with Gasteiger partial charge in [0.15, 0.2) is 0 Å². The van der Waals surface area contributed by atoms with Gasteiger partial charge in [-0.1, -0.05) is 12.1 Å². The van der Waals surface area contributed by atoms with Crippen LogP contribution in [0.4, 0.5) is 23.2 Å². The Morgan fingerprint density at radius 3 is 2.43 bits per heavy atom. The maximum Gasteiger partial charge on any atom is 0.416 e. The average molecular weight is 392 g/mol. The number of pyridine rings is 1. The van der Waals surface area contributed by atoms with Crippen LogP contribution < -0.4 is 10.9 Å². The molecule has 0 spiro atoms. The lowest BCUT2D eigenvalue weighted by Crippen LogP contribution is -2.30. The molecule has 8 heteroatoms. The smallest absolute Gasteiger partial charge is 0.321 e. The first-order chi connectivity index (χ1) is 13.1. The van der Waals surface area contributed by atoms with E-state index in [4.69, 9.17) is 0 Å². The van der Waals surface area contributed by atoms with Gasteiger partial charge in [-0.15, -0.1) is 0 Å². The van der Waals surface area contributed by atoms with Gasteiger partial charge in [-0.05, 0) is 55.6 Å². The molecule has 0 aliphatic rings. The minimum absolute atomic E-state index is 0.0310. The molecule has 0 aliphatic carbocycles. The molecule has 0 atom stereocenters. The van der Waals surface area contributed by atoms with Gasteiger partial charge in [0, 0.05) is 11.7 Å². The number of halogens is 4. The van der Waals surface area contributed by atoms with Crippen molar-refractivity contribution in [2.45, 2.75) is 26.1 Å². The molecule has 0 bridgehead atoms. The van der Waals surface area contributed by atoms with Crippen molar-refractivity contribution in [1.82, 2.24) is 4.57 Å². The number of carbonyl (C=O) groups excluding carboxylic acids is 1. The Morgan fingerprint density at radius 2 is 1.79 bits per heavy atom. The minimum Gasteiger partial charge on any atom is -0.321 e. The summed E-state index contributed by atoms with van der Waals surface area (Å²) in [5.41, 5.74) is -1.54. The third kappa shape index (κ3) is 3.76. The molecule has 0 radical (unpaired) electrons. The summed E-state index contributed by atoms with van der Waals surface area (Å²) in [6.45, 7) is 3.35. The second-order valence-corrected chi connectivity index (χ2v) is 6.56. The van der Waals surface area contributed by atoms with Gasteiger partial charge in [0.25, 0.3) is 11.5 Å². The van der Waals surface area contributed by atoms with Crippen molar-refractivity contribution >= 4 is 22.4 Å². The summed E-state index contributed by atoms with van der Waals surface area (Å²) in [5.74, 6) is -1.32. The number of aromatic nitrogens is 1. The zero-order chi connectivity index (χ0) is 20.6. The van der Waals surface area contributed by atoms with Gasteiger partial charge in [0.2, 0.25) is 0 Å². The molecule has 1 heterocycles. The van der Waals surface area contributed by atoms with Crippen LogP contribution in [0.15, 0.2) is 53.3 Å². The molecule has 3 rings (SSSR count). The molecule has 0 saturated carbocycles. The predicted octanol–water partition coefficient (Wildman–Crippen LogP) is 4.99. The lowest BCUT2D eigenvalue weighted by atomic mass is 10.1. The summed E-state index contributed by atoms with van der Waals surface area (Å²) in [4.78, 5) is 25.5. The first-order valence-electron chi connectivity index (χ1n) is 8.41. The van der Waals surface area contributed by atoms with E-state index in [0.717, 1.165) is 24.3 Å². The Balaban J connectivity index is 2.08. The van der Waals surface area contributed by atoms with E-state index in [-0.39, 0.29) is 16.8 Å². The molecule has 1 amide bonds. The number of rotatable bonds is 3. The summed E-state index contributed by atoms with van der Waals surface area (Å²) < 4.78 is 53.3. The Hall–Kier alpha value is -3.16. The molecule has 0 aliphatic heterocycles. The number of amides is 1. The van der Waals surface area contributed by atoms with Gasteiger partial charge in [-0.2, -0.15) is 13.2 Å². The van der Waals surface area contributed by atoms with Crippen LogP contribution in [0.2, 0.25) is 0 Å². The number of hydrogen-bond donors (Lipinski definition) is 1. The molecule has 28 heavy (non-hydrogen) atoms. The SMILES string of the molecule is CC(C)n1c(C(=O)Nc2cccc(C(F)(F)F)c2)cc2ccc(F)cc2c1=O. The highest BCUT2D eigenvalue weighted by Gasteiger charge is 2.30. The number of carbonyl (C=O) groups is 1.